The minimum atomic E-state index is 0.222. The molecule has 0 aliphatic heterocycles. The molecule has 0 aliphatic carbocycles. The molecule has 0 saturated heterocycles. The summed E-state index contributed by atoms with van der Waals surface area (Å²) in [5.74, 6) is 1.69. The lowest BCUT2D eigenvalue weighted by atomic mass is 10.2. The first-order valence-corrected chi connectivity index (χ1v) is 5.83. The SMILES string of the molecule is CCN(CCCO)Cc1noc(C(C)C)n1. The number of nitrogens with zero attached hydrogens (tertiary/aromatic N) is 3. The number of rotatable bonds is 7. The van der Waals surface area contributed by atoms with Gasteiger partial charge in [-0.25, -0.2) is 0 Å². The van der Waals surface area contributed by atoms with Gasteiger partial charge in [-0.05, 0) is 13.0 Å². The lowest BCUT2D eigenvalue weighted by Gasteiger charge is -2.17. The van der Waals surface area contributed by atoms with Crippen molar-refractivity contribution in [3.05, 3.63) is 11.7 Å². The monoisotopic (exact) mass is 227 g/mol. The Balaban J connectivity index is 2.49. The predicted molar refractivity (Wildman–Crippen MR) is 61.0 cm³/mol. The maximum absolute atomic E-state index is 8.78. The molecule has 0 bridgehead atoms. The Labute approximate surface area is 96.5 Å². The highest BCUT2D eigenvalue weighted by Gasteiger charge is 2.12. The van der Waals surface area contributed by atoms with E-state index in [1.165, 1.54) is 0 Å². The molecule has 1 N–H and O–H groups in total. The van der Waals surface area contributed by atoms with Gasteiger partial charge >= 0.3 is 0 Å². The maximum atomic E-state index is 8.78. The number of hydrogen-bond acceptors (Lipinski definition) is 5. The molecule has 16 heavy (non-hydrogen) atoms. The van der Waals surface area contributed by atoms with E-state index in [0.717, 1.165) is 25.3 Å². The molecule has 5 nitrogen and oxygen atoms in total. The summed E-state index contributed by atoms with van der Waals surface area (Å²) in [6.07, 6.45) is 0.780. The first-order chi connectivity index (χ1) is 7.67. The van der Waals surface area contributed by atoms with Crippen molar-refractivity contribution in [3.63, 3.8) is 0 Å². The van der Waals surface area contributed by atoms with Crippen molar-refractivity contribution in [3.8, 4) is 0 Å². The molecule has 0 unspecified atom stereocenters. The molecular weight excluding hydrogens is 206 g/mol. The van der Waals surface area contributed by atoms with E-state index in [-0.39, 0.29) is 12.5 Å². The molecule has 0 atom stereocenters. The molecule has 1 heterocycles. The van der Waals surface area contributed by atoms with Crippen LogP contribution in [0.2, 0.25) is 0 Å². The smallest absolute Gasteiger partial charge is 0.229 e. The molecule has 1 aromatic heterocycles. The molecule has 0 radical (unpaired) electrons. The predicted octanol–water partition coefficient (Wildman–Crippen LogP) is 1.40. The number of aliphatic hydroxyl groups excluding tert-OH is 1. The zero-order valence-electron chi connectivity index (χ0n) is 10.3. The third-order valence-corrected chi connectivity index (χ3v) is 2.42. The van der Waals surface area contributed by atoms with Crippen molar-refractivity contribution in [2.24, 2.45) is 0 Å². The zero-order chi connectivity index (χ0) is 12.0. The topological polar surface area (TPSA) is 62.4 Å². The second-order valence-corrected chi connectivity index (χ2v) is 4.15. The summed E-state index contributed by atoms with van der Waals surface area (Å²) in [4.78, 5) is 6.51. The summed E-state index contributed by atoms with van der Waals surface area (Å²) in [6.45, 7) is 8.83. The maximum Gasteiger partial charge on any atom is 0.229 e. The van der Waals surface area contributed by atoms with E-state index < -0.39 is 0 Å². The van der Waals surface area contributed by atoms with Crippen LogP contribution in [-0.2, 0) is 6.54 Å². The highest BCUT2D eigenvalue weighted by Crippen LogP contribution is 2.11. The van der Waals surface area contributed by atoms with E-state index in [4.69, 9.17) is 9.63 Å². The standard InChI is InChI=1S/C11H21N3O2/c1-4-14(6-5-7-15)8-10-12-11(9(2)3)16-13-10/h9,15H,4-8H2,1-3H3. The van der Waals surface area contributed by atoms with Gasteiger partial charge in [0.25, 0.3) is 0 Å². The Hall–Kier alpha value is -0.940. The van der Waals surface area contributed by atoms with Crippen molar-refractivity contribution in [2.45, 2.75) is 39.7 Å². The third-order valence-electron chi connectivity index (χ3n) is 2.42. The fourth-order valence-electron chi connectivity index (χ4n) is 1.41. The lowest BCUT2D eigenvalue weighted by molar-refractivity contribution is 0.220. The van der Waals surface area contributed by atoms with Gasteiger partial charge in [-0.3, -0.25) is 4.90 Å². The van der Waals surface area contributed by atoms with Gasteiger partial charge in [0.1, 0.15) is 0 Å². The quantitative estimate of drug-likeness (QED) is 0.762. The van der Waals surface area contributed by atoms with Crippen molar-refractivity contribution >= 4 is 0 Å². The van der Waals surface area contributed by atoms with Crippen LogP contribution in [0.5, 0.6) is 0 Å². The van der Waals surface area contributed by atoms with Gasteiger partial charge in [-0.1, -0.05) is 25.9 Å². The second kappa shape index (κ2) is 6.60. The van der Waals surface area contributed by atoms with Crippen molar-refractivity contribution < 1.29 is 9.63 Å². The molecule has 0 amide bonds. The third kappa shape index (κ3) is 3.90. The fourth-order valence-corrected chi connectivity index (χ4v) is 1.41. The molecule has 1 rings (SSSR count). The number of aliphatic hydroxyl groups is 1. The fraction of sp³-hybridized carbons (Fsp3) is 0.818. The van der Waals surface area contributed by atoms with E-state index >= 15 is 0 Å². The van der Waals surface area contributed by atoms with Crippen LogP contribution in [0.4, 0.5) is 0 Å². The Morgan fingerprint density at radius 2 is 2.19 bits per heavy atom. The van der Waals surface area contributed by atoms with Gasteiger partial charge in [-0.15, -0.1) is 0 Å². The number of aromatic nitrogens is 2. The van der Waals surface area contributed by atoms with Crippen molar-refractivity contribution in [1.29, 1.82) is 0 Å². The van der Waals surface area contributed by atoms with Crippen LogP contribution < -0.4 is 0 Å². The van der Waals surface area contributed by atoms with Gasteiger partial charge in [0.05, 0.1) is 6.54 Å². The average Bonchev–Trinajstić information content (AvgIpc) is 2.72. The van der Waals surface area contributed by atoms with Gasteiger partial charge in [0.15, 0.2) is 5.82 Å². The first kappa shape index (κ1) is 13.1. The van der Waals surface area contributed by atoms with Crippen LogP contribution in [0.25, 0.3) is 0 Å². The van der Waals surface area contributed by atoms with E-state index in [9.17, 15) is 0 Å². The van der Waals surface area contributed by atoms with Gasteiger partial charge in [0.2, 0.25) is 5.89 Å². The lowest BCUT2D eigenvalue weighted by Crippen LogP contribution is -2.25. The average molecular weight is 227 g/mol. The van der Waals surface area contributed by atoms with Crippen LogP contribution in [-0.4, -0.2) is 39.8 Å². The van der Waals surface area contributed by atoms with Crippen LogP contribution in [0.15, 0.2) is 4.52 Å². The van der Waals surface area contributed by atoms with Crippen molar-refractivity contribution in [2.75, 3.05) is 19.7 Å². The normalized spacial score (nSPS) is 11.6. The summed E-state index contributed by atoms with van der Waals surface area (Å²) in [5, 5.41) is 12.7. The summed E-state index contributed by atoms with van der Waals surface area (Å²) in [5.41, 5.74) is 0. The molecule has 0 aromatic carbocycles. The van der Waals surface area contributed by atoms with Gasteiger partial charge < -0.3 is 9.63 Å². The van der Waals surface area contributed by atoms with E-state index in [1.807, 2.05) is 13.8 Å². The highest BCUT2D eigenvalue weighted by atomic mass is 16.5. The first-order valence-electron chi connectivity index (χ1n) is 5.83. The van der Waals surface area contributed by atoms with Crippen LogP contribution in [0.3, 0.4) is 0 Å². The highest BCUT2D eigenvalue weighted by molar-refractivity contribution is 4.90. The molecule has 0 spiro atoms. The molecule has 0 fully saturated rings. The Morgan fingerprint density at radius 1 is 1.44 bits per heavy atom. The van der Waals surface area contributed by atoms with E-state index in [2.05, 4.69) is 22.0 Å². The van der Waals surface area contributed by atoms with Crippen LogP contribution in [0.1, 0.15) is 44.8 Å². The molecular formula is C11H21N3O2. The Bertz CT molecular complexity index is 299. The Kier molecular flexibility index (Phi) is 5.42. The summed E-state index contributed by atoms with van der Waals surface area (Å²) in [7, 11) is 0. The molecule has 0 saturated carbocycles. The minimum absolute atomic E-state index is 0.222. The summed E-state index contributed by atoms with van der Waals surface area (Å²) >= 11 is 0. The molecule has 0 aliphatic rings. The molecule has 5 heteroatoms. The summed E-state index contributed by atoms with van der Waals surface area (Å²) < 4.78 is 5.14. The largest absolute Gasteiger partial charge is 0.396 e. The number of hydrogen-bond donors (Lipinski definition) is 1. The van der Waals surface area contributed by atoms with Gasteiger partial charge in [-0.2, -0.15) is 4.98 Å². The van der Waals surface area contributed by atoms with E-state index in [1.54, 1.807) is 0 Å². The Morgan fingerprint density at radius 3 is 2.69 bits per heavy atom. The molecule has 92 valence electrons. The zero-order valence-corrected chi connectivity index (χ0v) is 10.3. The van der Waals surface area contributed by atoms with Crippen LogP contribution >= 0.6 is 0 Å². The molecule has 1 aromatic rings. The second-order valence-electron chi connectivity index (χ2n) is 4.15. The van der Waals surface area contributed by atoms with Gasteiger partial charge in [0, 0.05) is 19.1 Å². The minimum Gasteiger partial charge on any atom is -0.396 e. The van der Waals surface area contributed by atoms with Crippen LogP contribution in [0, 0.1) is 0 Å². The van der Waals surface area contributed by atoms with E-state index in [0.29, 0.717) is 12.4 Å². The van der Waals surface area contributed by atoms with Crippen molar-refractivity contribution in [1.82, 2.24) is 15.0 Å². The summed E-state index contributed by atoms with van der Waals surface area (Å²) in [6, 6.07) is 0.